The molecule has 1 aromatic rings. The molecule has 0 bridgehead atoms. The highest BCUT2D eigenvalue weighted by Gasteiger charge is 2.37. The van der Waals surface area contributed by atoms with Crippen molar-refractivity contribution in [2.75, 3.05) is 6.16 Å². The summed E-state index contributed by atoms with van der Waals surface area (Å²) in [7, 11) is -1.46. The Morgan fingerprint density at radius 2 is 1.26 bits per heavy atom. The average molecular weight is 333 g/mol. The van der Waals surface area contributed by atoms with Gasteiger partial charge in [0.15, 0.2) is 11.5 Å². The van der Waals surface area contributed by atoms with Crippen LogP contribution < -0.4 is 5.30 Å². The zero-order chi connectivity index (χ0) is 18.2. The van der Waals surface area contributed by atoms with Crippen LogP contribution in [0, 0.1) is 0 Å². The minimum atomic E-state index is -1.46. The van der Waals surface area contributed by atoms with Crippen LogP contribution in [0.4, 0.5) is 0 Å². The Morgan fingerprint density at radius 3 is 1.52 bits per heavy atom. The van der Waals surface area contributed by atoms with Crippen LogP contribution in [0.1, 0.15) is 79.0 Å². The van der Waals surface area contributed by atoms with Crippen molar-refractivity contribution >= 4 is 13.1 Å². The number of rotatable bonds is 3. The molecule has 128 valence electrons. The number of benzene rings is 1. The zero-order valence-electron chi connectivity index (χ0n) is 16.5. The normalized spacial score (nSPS) is 13.9. The van der Waals surface area contributed by atoms with Gasteiger partial charge in [0.1, 0.15) is 0 Å². The third kappa shape index (κ3) is 4.77. The second-order valence-electron chi connectivity index (χ2n) is 9.52. The molecule has 23 heavy (non-hydrogen) atoms. The summed E-state index contributed by atoms with van der Waals surface area (Å²) in [5.74, 6) is 0. The Labute approximate surface area is 144 Å². The minimum absolute atomic E-state index is 0.0389. The molecule has 0 amide bonds. The fourth-order valence-corrected chi connectivity index (χ4v) is 4.44. The van der Waals surface area contributed by atoms with Gasteiger partial charge in [0, 0.05) is 11.1 Å². The van der Waals surface area contributed by atoms with Crippen LogP contribution in [-0.2, 0) is 20.8 Å². The van der Waals surface area contributed by atoms with E-state index in [2.05, 4.69) is 81.0 Å². The summed E-state index contributed by atoms with van der Waals surface area (Å²) in [5.41, 5.74) is 3.75. The van der Waals surface area contributed by atoms with E-state index >= 15 is 0 Å². The lowest BCUT2D eigenvalue weighted by atomic mass is 9.75. The lowest BCUT2D eigenvalue weighted by molar-refractivity contribution is 0.550. The average Bonchev–Trinajstić information content (AvgIpc) is 2.34. The molecule has 0 radical (unpaired) electrons. The predicted molar refractivity (Wildman–Crippen MR) is 105 cm³/mol. The van der Waals surface area contributed by atoms with E-state index in [1.54, 1.807) is 6.08 Å². The van der Waals surface area contributed by atoms with Crippen LogP contribution in [0.25, 0.3) is 0 Å². The van der Waals surface area contributed by atoms with Gasteiger partial charge in [-0.05, 0) is 27.9 Å². The monoisotopic (exact) mass is 333 g/mol. The van der Waals surface area contributed by atoms with Gasteiger partial charge in [0.25, 0.3) is 0 Å². The predicted octanol–water partition coefficient (Wildman–Crippen LogP) is 6.22. The molecule has 0 saturated carbocycles. The van der Waals surface area contributed by atoms with Gasteiger partial charge in [0.05, 0.1) is 0 Å². The van der Waals surface area contributed by atoms with Crippen LogP contribution in [-0.4, -0.2) is 6.16 Å². The molecule has 1 nitrogen and oxygen atoms in total. The van der Waals surface area contributed by atoms with Crippen molar-refractivity contribution in [1.29, 1.82) is 0 Å². The smallest absolute Gasteiger partial charge is 0.0989 e. The first-order valence-corrected chi connectivity index (χ1v) is 9.89. The van der Waals surface area contributed by atoms with E-state index < -0.39 is 7.80 Å². The van der Waals surface area contributed by atoms with Gasteiger partial charge in [0.2, 0.25) is 0 Å². The van der Waals surface area contributed by atoms with Crippen molar-refractivity contribution in [1.82, 2.24) is 0 Å². The van der Waals surface area contributed by atoms with Crippen LogP contribution in [0.15, 0.2) is 24.8 Å². The number of allylic oxidation sites excluding steroid dienone is 1. The number of hydrogen-bond acceptors (Lipinski definition) is 1. The molecule has 1 atom stereocenters. The van der Waals surface area contributed by atoms with E-state index in [0.29, 0.717) is 6.16 Å². The zero-order valence-corrected chi connectivity index (χ0v) is 17.4. The molecule has 0 spiro atoms. The Bertz CT molecular complexity index is 569. The van der Waals surface area contributed by atoms with Crippen molar-refractivity contribution < 1.29 is 4.57 Å². The first kappa shape index (κ1) is 20.1. The molecule has 2 heteroatoms. The summed E-state index contributed by atoms with van der Waals surface area (Å²) in [4.78, 5) is 0. The second-order valence-corrected chi connectivity index (χ2v) is 11.1. The van der Waals surface area contributed by atoms with E-state index in [0.717, 1.165) is 5.30 Å². The van der Waals surface area contributed by atoms with E-state index in [9.17, 15) is 4.57 Å². The molecule has 0 fully saturated rings. The van der Waals surface area contributed by atoms with Crippen LogP contribution in [0.5, 0.6) is 0 Å². The second kappa shape index (κ2) is 6.52. The van der Waals surface area contributed by atoms with Gasteiger partial charge in [-0.2, -0.15) is 0 Å². The summed E-state index contributed by atoms with van der Waals surface area (Å²) in [6, 6.07) is 4.56. The third-order valence-corrected chi connectivity index (χ3v) is 5.71. The first-order chi connectivity index (χ1) is 10.2. The lowest BCUT2D eigenvalue weighted by Crippen LogP contribution is -2.31. The highest BCUT2D eigenvalue weighted by atomic mass is 31.1. The van der Waals surface area contributed by atoms with Crippen molar-refractivity contribution in [2.24, 2.45) is 0 Å². The van der Waals surface area contributed by atoms with Crippen LogP contribution in [0.3, 0.4) is 0 Å². The standard InChI is InChI=1S/C21H34OP/c1-11-12-23(22)18-16(20(5,6)7)13-15(19(2,3)4)14-17(18)21(8,9)10/h11,13-14H,1,12H2,2-10H3/q+1. The quantitative estimate of drug-likeness (QED) is 0.474. The van der Waals surface area contributed by atoms with Gasteiger partial charge < -0.3 is 0 Å². The van der Waals surface area contributed by atoms with Gasteiger partial charge in [-0.3, -0.25) is 0 Å². The third-order valence-electron chi connectivity index (χ3n) is 4.14. The fourth-order valence-electron chi connectivity index (χ4n) is 2.69. The van der Waals surface area contributed by atoms with E-state index in [-0.39, 0.29) is 16.2 Å². The summed E-state index contributed by atoms with van der Waals surface area (Å²) >= 11 is 0. The molecule has 0 N–H and O–H groups in total. The molecule has 1 rings (SSSR count). The lowest BCUT2D eigenvalue weighted by Gasteiger charge is -2.30. The SMILES string of the molecule is C=CC[P+](=O)c1c(C(C)(C)C)cc(C(C)(C)C)cc1C(C)(C)C. The van der Waals surface area contributed by atoms with E-state index in [1.165, 1.54) is 16.7 Å². The van der Waals surface area contributed by atoms with Crippen molar-refractivity contribution in [3.8, 4) is 0 Å². The van der Waals surface area contributed by atoms with Gasteiger partial charge in [-0.25, -0.2) is 0 Å². The topological polar surface area (TPSA) is 17.1 Å². The molecule has 0 aromatic heterocycles. The largest absolute Gasteiger partial charge is 0.381 e. The molecule has 1 aromatic carbocycles. The van der Waals surface area contributed by atoms with Gasteiger partial charge in [-0.1, -0.05) is 85.6 Å². The van der Waals surface area contributed by atoms with Crippen LogP contribution >= 0.6 is 7.80 Å². The molecule has 0 aliphatic heterocycles. The maximum atomic E-state index is 13.0. The molecule has 0 heterocycles. The molecule has 1 unspecified atom stereocenters. The van der Waals surface area contributed by atoms with Gasteiger partial charge >= 0.3 is 7.80 Å². The Hall–Kier alpha value is -0.940. The molecule has 0 aliphatic carbocycles. The minimum Gasteiger partial charge on any atom is -0.0989 e. The van der Waals surface area contributed by atoms with Crippen LogP contribution in [0.2, 0.25) is 0 Å². The molecule has 0 saturated heterocycles. The molecule has 0 aliphatic rings. The highest BCUT2D eigenvalue weighted by Crippen LogP contribution is 2.38. The molecular weight excluding hydrogens is 299 g/mol. The maximum absolute atomic E-state index is 13.0. The van der Waals surface area contributed by atoms with Crippen molar-refractivity contribution in [2.45, 2.75) is 78.6 Å². The fraction of sp³-hybridized carbons (Fsp3) is 0.619. The summed E-state index contributed by atoms with van der Waals surface area (Å²) in [6.07, 6.45) is 2.31. The number of hydrogen-bond donors (Lipinski definition) is 0. The summed E-state index contributed by atoms with van der Waals surface area (Å²) < 4.78 is 13.0. The first-order valence-electron chi connectivity index (χ1n) is 8.44. The summed E-state index contributed by atoms with van der Waals surface area (Å²) in [5, 5.41) is 1.05. The maximum Gasteiger partial charge on any atom is 0.381 e. The highest BCUT2D eigenvalue weighted by molar-refractivity contribution is 7.54. The van der Waals surface area contributed by atoms with E-state index in [4.69, 9.17) is 0 Å². The van der Waals surface area contributed by atoms with E-state index in [1.807, 2.05) is 0 Å². The molecular formula is C21H34OP+. The van der Waals surface area contributed by atoms with Gasteiger partial charge in [-0.15, -0.1) is 0 Å². The Kier molecular flexibility index (Phi) is 5.70. The van der Waals surface area contributed by atoms with Crippen molar-refractivity contribution in [3.05, 3.63) is 41.5 Å². The Balaban J connectivity index is 3.90. The van der Waals surface area contributed by atoms with Crippen molar-refractivity contribution in [3.63, 3.8) is 0 Å². The summed E-state index contributed by atoms with van der Waals surface area (Å²) in [6.45, 7) is 23.8. The Morgan fingerprint density at radius 1 is 0.870 bits per heavy atom.